The molecule has 6 heteroatoms. The molecule has 1 aromatic heterocycles. The number of carbonyl (C=O) groups excluding carboxylic acids is 1. The Bertz CT molecular complexity index is 673. The first-order valence-corrected chi connectivity index (χ1v) is 9.77. The van der Waals surface area contributed by atoms with Gasteiger partial charge in [-0.2, -0.15) is 4.99 Å². The van der Waals surface area contributed by atoms with E-state index >= 15 is 0 Å². The molecule has 0 bridgehead atoms. The zero-order valence-corrected chi connectivity index (χ0v) is 16.2. The summed E-state index contributed by atoms with van der Waals surface area (Å²) in [7, 11) is 0. The first kappa shape index (κ1) is 18.8. The number of amides is 1. The van der Waals surface area contributed by atoms with Gasteiger partial charge in [-0.1, -0.05) is 13.8 Å². The Morgan fingerprint density at radius 3 is 2.65 bits per heavy atom. The molecule has 2 heterocycles. The Kier molecular flexibility index (Phi) is 5.91. The van der Waals surface area contributed by atoms with Crippen molar-refractivity contribution in [2.75, 3.05) is 24.5 Å². The van der Waals surface area contributed by atoms with Crippen LogP contribution in [0.3, 0.4) is 0 Å². The van der Waals surface area contributed by atoms with Crippen molar-refractivity contribution < 1.29 is 4.79 Å². The molecule has 26 heavy (non-hydrogen) atoms. The van der Waals surface area contributed by atoms with E-state index in [1.807, 2.05) is 19.2 Å². The van der Waals surface area contributed by atoms with Crippen LogP contribution in [0.5, 0.6) is 0 Å². The molecule has 0 atom stereocenters. The van der Waals surface area contributed by atoms with Crippen LogP contribution in [0.4, 0.5) is 5.82 Å². The van der Waals surface area contributed by atoms with E-state index in [1.165, 1.54) is 0 Å². The normalized spacial score (nSPS) is 19.2. The third-order valence-electron chi connectivity index (χ3n) is 5.07. The van der Waals surface area contributed by atoms with Crippen LogP contribution in [-0.4, -0.2) is 42.4 Å². The van der Waals surface area contributed by atoms with Gasteiger partial charge in [0.05, 0.1) is 5.56 Å². The molecule has 1 saturated carbocycles. The van der Waals surface area contributed by atoms with Gasteiger partial charge < -0.3 is 16.0 Å². The van der Waals surface area contributed by atoms with E-state index in [9.17, 15) is 4.79 Å². The van der Waals surface area contributed by atoms with E-state index in [2.05, 4.69) is 34.0 Å². The molecule has 142 valence electrons. The summed E-state index contributed by atoms with van der Waals surface area (Å²) in [5.41, 5.74) is 7.48. The standard InChI is InChI=1S/C20H31N5O/c1-13(2)11-22-16-6-8-25(9-7-16)19-17(10-14(3)12-23-19)20(26)24-18(21)15-4-5-15/h10,12-13,15-16,22H,4-9,11H2,1-3H3,(H2,21,24,26). The lowest BCUT2D eigenvalue weighted by molar-refractivity contribution is 0.100. The third kappa shape index (κ3) is 4.81. The zero-order valence-electron chi connectivity index (χ0n) is 16.2. The Morgan fingerprint density at radius 2 is 2.04 bits per heavy atom. The number of nitrogens with two attached hydrogens (primary N) is 1. The van der Waals surface area contributed by atoms with E-state index in [0.29, 0.717) is 29.3 Å². The summed E-state index contributed by atoms with van der Waals surface area (Å²) in [5, 5.41) is 3.63. The molecule has 1 amide bonds. The van der Waals surface area contributed by atoms with Crippen molar-refractivity contribution in [3.05, 3.63) is 23.4 Å². The molecule has 1 aliphatic heterocycles. The molecule has 1 saturated heterocycles. The fourth-order valence-corrected chi connectivity index (χ4v) is 3.32. The van der Waals surface area contributed by atoms with Gasteiger partial charge in [0.25, 0.3) is 5.91 Å². The lowest BCUT2D eigenvalue weighted by atomic mass is 10.0. The Labute approximate surface area is 156 Å². The number of amidine groups is 1. The summed E-state index contributed by atoms with van der Waals surface area (Å²) < 4.78 is 0. The fraction of sp³-hybridized carbons (Fsp3) is 0.650. The molecule has 2 aliphatic rings. The van der Waals surface area contributed by atoms with Crippen LogP contribution < -0.4 is 16.0 Å². The summed E-state index contributed by atoms with van der Waals surface area (Å²) in [6.45, 7) is 9.24. The number of carbonyl (C=O) groups is 1. The van der Waals surface area contributed by atoms with Crippen LogP contribution in [0.15, 0.2) is 17.3 Å². The summed E-state index contributed by atoms with van der Waals surface area (Å²) in [5.74, 6) is 1.91. The highest BCUT2D eigenvalue weighted by molar-refractivity contribution is 6.06. The summed E-state index contributed by atoms with van der Waals surface area (Å²) in [6.07, 6.45) is 6.02. The van der Waals surface area contributed by atoms with Crippen molar-refractivity contribution >= 4 is 17.6 Å². The smallest absolute Gasteiger partial charge is 0.282 e. The van der Waals surface area contributed by atoms with Gasteiger partial charge in [-0.25, -0.2) is 4.98 Å². The SMILES string of the molecule is Cc1cnc(N2CCC(NCC(C)C)CC2)c(C(=O)N=C(N)C2CC2)c1. The molecule has 2 fully saturated rings. The number of hydrogen-bond acceptors (Lipinski definition) is 4. The van der Waals surface area contributed by atoms with E-state index in [1.54, 1.807) is 0 Å². The van der Waals surface area contributed by atoms with Crippen molar-refractivity contribution in [3.63, 3.8) is 0 Å². The minimum atomic E-state index is -0.263. The largest absolute Gasteiger partial charge is 0.387 e. The van der Waals surface area contributed by atoms with E-state index in [-0.39, 0.29) is 5.91 Å². The Hall–Kier alpha value is -1.95. The molecule has 0 spiro atoms. The first-order chi connectivity index (χ1) is 12.4. The van der Waals surface area contributed by atoms with Gasteiger partial charge in [0.2, 0.25) is 0 Å². The molecular formula is C20H31N5O. The average molecular weight is 358 g/mol. The van der Waals surface area contributed by atoms with Crippen LogP contribution in [0, 0.1) is 18.8 Å². The van der Waals surface area contributed by atoms with Crippen LogP contribution in [0.1, 0.15) is 55.5 Å². The molecule has 1 aliphatic carbocycles. The Morgan fingerprint density at radius 1 is 1.35 bits per heavy atom. The number of piperidine rings is 1. The van der Waals surface area contributed by atoms with Crippen molar-refractivity contribution in [1.82, 2.24) is 10.3 Å². The number of aryl methyl sites for hydroxylation is 1. The van der Waals surface area contributed by atoms with Gasteiger partial charge in [0.15, 0.2) is 0 Å². The van der Waals surface area contributed by atoms with E-state index in [0.717, 1.165) is 56.7 Å². The van der Waals surface area contributed by atoms with Crippen molar-refractivity contribution in [3.8, 4) is 0 Å². The van der Waals surface area contributed by atoms with Crippen LogP contribution >= 0.6 is 0 Å². The second-order valence-corrected chi connectivity index (χ2v) is 8.06. The van der Waals surface area contributed by atoms with Gasteiger partial charge in [0.1, 0.15) is 11.7 Å². The molecule has 0 unspecified atom stereocenters. The van der Waals surface area contributed by atoms with E-state index in [4.69, 9.17) is 5.73 Å². The molecule has 1 aromatic rings. The van der Waals surface area contributed by atoms with Gasteiger partial charge in [-0.15, -0.1) is 0 Å². The van der Waals surface area contributed by atoms with E-state index < -0.39 is 0 Å². The highest BCUT2D eigenvalue weighted by atomic mass is 16.1. The number of nitrogens with zero attached hydrogens (tertiary/aromatic N) is 3. The average Bonchev–Trinajstić information content (AvgIpc) is 3.45. The molecule has 3 rings (SSSR count). The summed E-state index contributed by atoms with van der Waals surface area (Å²) >= 11 is 0. The molecule has 6 nitrogen and oxygen atoms in total. The van der Waals surface area contributed by atoms with Gasteiger partial charge in [0, 0.05) is 31.2 Å². The van der Waals surface area contributed by atoms with Crippen LogP contribution in [0.25, 0.3) is 0 Å². The topological polar surface area (TPSA) is 83.6 Å². The molecule has 0 radical (unpaired) electrons. The van der Waals surface area contributed by atoms with Gasteiger partial charge in [-0.05, 0) is 56.7 Å². The lowest BCUT2D eigenvalue weighted by Crippen LogP contribution is -2.44. The second-order valence-electron chi connectivity index (χ2n) is 8.06. The van der Waals surface area contributed by atoms with Crippen LogP contribution in [0.2, 0.25) is 0 Å². The van der Waals surface area contributed by atoms with Crippen LogP contribution in [-0.2, 0) is 0 Å². The number of rotatable bonds is 6. The quantitative estimate of drug-likeness (QED) is 0.604. The number of pyridine rings is 1. The highest BCUT2D eigenvalue weighted by Crippen LogP contribution is 2.29. The fourth-order valence-electron chi connectivity index (χ4n) is 3.32. The van der Waals surface area contributed by atoms with Crippen molar-refractivity contribution in [1.29, 1.82) is 0 Å². The number of aliphatic imine (C=N–C) groups is 1. The minimum Gasteiger partial charge on any atom is -0.387 e. The highest BCUT2D eigenvalue weighted by Gasteiger charge is 2.28. The minimum absolute atomic E-state index is 0.263. The maximum atomic E-state index is 12.7. The summed E-state index contributed by atoms with van der Waals surface area (Å²) in [4.78, 5) is 23.6. The number of anilines is 1. The Balaban J connectivity index is 1.70. The predicted molar refractivity (Wildman–Crippen MR) is 106 cm³/mol. The first-order valence-electron chi connectivity index (χ1n) is 9.77. The third-order valence-corrected chi connectivity index (χ3v) is 5.07. The van der Waals surface area contributed by atoms with Gasteiger partial charge in [-0.3, -0.25) is 4.79 Å². The maximum Gasteiger partial charge on any atom is 0.282 e. The molecular weight excluding hydrogens is 326 g/mol. The molecule has 0 aromatic carbocycles. The summed E-state index contributed by atoms with van der Waals surface area (Å²) in [6, 6.07) is 2.43. The number of nitrogens with one attached hydrogen (secondary N) is 1. The van der Waals surface area contributed by atoms with Crippen molar-refractivity contribution in [2.45, 2.75) is 52.5 Å². The predicted octanol–water partition coefficient (Wildman–Crippen LogP) is 2.51. The van der Waals surface area contributed by atoms with Gasteiger partial charge >= 0.3 is 0 Å². The monoisotopic (exact) mass is 357 g/mol. The number of hydrogen-bond donors (Lipinski definition) is 2. The second kappa shape index (κ2) is 8.16. The number of aromatic nitrogens is 1. The molecule has 3 N–H and O–H groups in total. The zero-order chi connectivity index (χ0) is 18.7. The lowest BCUT2D eigenvalue weighted by Gasteiger charge is -2.34. The maximum absolute atomic E-state index is 12.7. The van der Waals surface area contributed by atoms with Crippen molar-refractivity contribution in [2.24, 2.45) is 22.6 Å².